The van der Waals surface area contributed by atoms with Gasteiger partial charge in [-0.15, -0.1) is 0 Å². The van der Waals surface area contributed by atoms with Crippen LogP contribution in [0.25, 0.3) is 0 Å². The van der Waals surface area contributed by atoms with E-state index in [1.165, 1.54) is 11.3 Å². The fraction of sp³-hybridized carbons (Fsp3) is 0.308. The van der Waals surface area contributed by atoms with Gasteiger partial charge in [0, 0.05) is 17.8 Å². The van der Waals surface area contributed by atoms with Gasteiger partial charge in [0.25, 0.3) is 0 Å². The van der Waals surface area contributed by atoms with Crippen molar-refractivity contribution in [1.82, 2.24) is 15.1 Å². The average molecular weight is 250 g/mol. The Morgan fingerprint density at radius 2 is 2.24 bits per heavy atom. The van der Waals surface area contributed by atoms with E-state index in [0.717, 1.165) is 24.7 Å². The van der Waals surface area contributed by atoms with Crippen molar-refractivity contribution in [2.75, 3.05) is 6.54 Å². The molecule has 1 heterocycles. The van der Waals surface area contributed by atoms with E-state index >= 15 is 0 Å². The van der Waals surface area contributed by atoms with Gasteiger partial charge < -0.3 is 5.32 Å². The number of nitrogens with one attached hydrogen (secondary N) is 1. The molecule has 0 radical (unpaired) electrons. The first-order valence-electron chi connectivity index (χ1n) is 5.75. The largest absolute Gasteiger partial charge is 0.311 e. The summed E-state index contributed by atoms with van der Waals surface area (Å²) in [6.45, 7) is 4.66. The summed E-state index contributed by atoms with van der Waals surface area (Å²) in [6, 6.07) is 9.91. The highest BCUT2D eigenvalue weighted by Gasteiger charge is 2.03. The van der Waals surface area contributed by atoms with E-state index in [1.807, 2.05) is 35.1 Å². The summed E-state index contributed by atoms with van der Waals surface area (Å²) >= 11 is 5.97. The van der Waals surface area contributed by atoms with Crippen LogP contribution < -0.4 is 5.32 Å². The van der Waals surface area contributed by atoms with Crippen LogP contribution in [0.2, 0.25) is 5.02 Å². The second-order valence-electron chi connectivity index (χ2n) is 3.89. The first-order chi connectivity index (χ1) is 8.29. The number of hydrogen-bond donors (Lipinski definition) is 1. The Kier molecular flexibility index (Phi) is 4.18. The van der Waals surface area contributed by atoms with Gasteiger partial charge in [-0.2, -0.15) is 5.10 Å². The molecule has 1 aromatic heterocycles. The smallest absolute Gasteiger partial charge is 0.0663 e. The quantitative estimate of drug-likeness (QED) is 0.883. The van der Waals surface area contributed by atoms with Crippen LogP contribution in [0.1, 0.15) is 18.2 Å². The Bertz CT molecular complexity index is 479. The van der Waals surface area contributed by atoms with Gasteiger partial charge in [-0.05, 0) is 30.3 Å². The lowest BCUT2D eigenvalue weighted by Gasteiger charge is -2.08. The first-order valence-corrected chi connectivity index (χ1v) is 6.13. The van der Waals surface area contributed by atoms with Gasteiger partial charge in [0.1, 0.15) is 0 Å². The molecule has 1 aromatic carbocycles. The van der Waals surface area contributed by atoms with Crippen molar-refractivity contribution in [1.29, 1.82) is 0 Å². The van der Waals surface area contributed by atoms with Crippen LogP contribution in [0.4, 0.5) is 0 Å². The van der Waals surface area contributed by atoms with Crippen LogP contribution in [0.15, 0.2) is 36.5 Å². The molecule has 90 valence electrons. The minimum atomic E-state index is 0.758. The molecule has 17 heavy (non-hydrogen) atoms. The van der Waals surface area contributed by atoms with Gasteiger partial charge >= 0.3 is 0 Å². The molecule has 0 aliphatic heterocycles. The molecule has 0 saturated carbocycles. The lowest BCUT2D eigenvalue weighted by molar-refractivity contribution is 0.606. The van der Waals surface area contributed by atoms with E-state index < -0.39 is 0 Å². The van der Waals surface area contributed by atoms with E-state index in [2.05, 4.69) is 23.4 Å². The zero-order chi connectivity index (χ0) is 12.1. The number of halogens is 1. The maximum Gasteiger partial charge on any atom is 0.0663 e. The second-order valence-corrected chi connectivity index (χ2v) is 4.33. The molecule has 0 saturated heterocycles. The molecule has 0 amide bonds. The zero-order valence-electron chi connectivity index (χ0n) is 9.86. The van der Waals surface area contributed by atoms with Crippen LogP contribution >= 0.6 is 11.6 Å². The SMILES string of the molecule is CCNCc1ccnn1Cc1cccc(Cl)c1. The van der Waals surface area contributed by atoms with Crippen LogP contribution in [0.5, 0.6) is 0 Å². The fourth-order valence-corrected chi connectivity index (χ4v) is 1.93. The van der Waals surface area contributed by atoms with Crippen molar-refractivity contribution >= 4 is 11.6 Å². The van der Waals surface area contributed by atoms with Gasteiger partial charge in [-0.1, -0.05) is 30.7 Å². The molecule has 0 bridgehead atoms. The molecule has 0 fully saturated rings. The second kappa shape index (κ2) is 5.84. The summed E-state index contributed by atoms with van der Waals surface area (Å²) in [5.74, 6) is 0. The van der Waals surface area contributed by atoms with Crippen molar-refractivity contribution in [2.45, 2.75) is 20.0 Å². The molecule has 0 atom stereocenters. The molecule has 0 spiro atoms. The number of aromatic nitrogens is 2. The van der Waals surface area contributed by atoms with Gasteiger partial charge in [-0.25, -0.2) is 0 Å². The molecule has 2 aromatic rings. The molecule has 1 N–H and O–H groups in total. The standard InChI is InChI=1S/C13H16ClN3/c1-2-15-9-13-6-7-16-17(13)10-11-4-3-5-12(14)8-11/h3-8,15H,2,9-10H2,1H3. The van der Waals surface area contributed by atoms with E-state index in [4.69, 9.17) is 11.6 Å². The number of hydrogen-bond acceptors (Lipinski definition) is 2. The minimum absolute atomic E-state index is 0.758. The van der Waals surface area contributed by atoms with Crippen LogP contribution in [0, 0.1) is 0 Å². The Morgan fingerprint density at radius 3 is 3.00 bits per heavy atom. The van der Waals surface area contributed by atoms with E-state index in [1.54, 1.807) is 0 Å². The van der Waals surface area contributed by atoms with Crippen molar-refractivity contribution < 1.29 is 0 Å². The van der Waals surface area contributed by atoms with Gasteiger partial charge in [0.15, 0.2) is 0 Å². The van der Waals surface area contributed by atoms with Gasteiger partial charge in [-0.3, -0.25) is 4.68 Å². The lowest BCUT2D eigenvalue weighted by atomic mass is 10.2. The number of nitrogens with zero attached hydrogens (tertiary/aromatic N) is 2. The van der Waals surface area contributed by atoms with Crippen molar-refractivity contribution in [3.05, 3.63) is 52.8 Å². The van der Waals surface area contributed by atoms with Crippen LogP contribution in [-0.4, -0.2) is 16.3 Å². The third-order valence-electron chi connectivity index (χ3n) is 2.58. The summed E-state index contributed by atoms with van der Waals surface area (Å²) in [5, 5.41) is 8.40. The van der Waals surface area contributed by atoms with Gasteiger partial charge in [0.2, 0.25) is 0 Å². The highest BCUT2D eigenvalue weighted by Crippen LogP contribution is 2.12. The first kappa shape index (κ1) is 12.1. The van der Waals surface area contributed by atoms with E-state index in [9.17, 15) is 0 Å². The predicted molar refractivity (Wildman–Crippen MR) is 70.2 cm³/mol. The molecular weight excluding hydrogens is 234 g/mol. The monoisotopic (exact) mass is 249 g/mol. The Balaban J connectivity index is 2.10. The van der Waals surface area contributed by atoms with Crippen molar-refractivity contribution in [3.8, 4) is 0 Å². The average Bonchev–Trinajstić information content (AvgIpc) is 2.74. The van der Waals surface area contributed by atoms with Gasteiger partial charge in [0.05, 0.1) is 12.2 Å². The van der Waals surface area contributed by atoms with E-state index in [0.29, 0.717) is 0 Å². The zero-order valence-corrected chi connectivity index (χ0v) is 10.6. The summed E-state index contributed by atoms with van der Waals surface area (Å²) in [7, 11) is 0. The third-order valence-corrected chi connectivity index (χ3v) is 2.82. The lowest BCUT2D eigenvalue weighted by Crippen LogP contribution is -2.16. The Morgan fingerprint density at radius 1 is 1.35 bits per heavy atom. The molecule has 2 rings (SSSR count). The summed E-state index contributed by atoms with van der Waals surface area (Å²) in [5.41, 5.74) is 2.35. The van der Waals surface area contributed by atoms with E-state index in [-0.39, 0.29) is 0 Å². The molecule has 4 heteroatoms. The Hall–Kier alpha value is -1.32. The van der Waals surface area contributed by atoms with Crippen LogP contribution in [-0.2, 0) is 13.1 Å². The summed E-state index contributed by atoms with van der Waals surface area (Å²) in [6.07, 6.45) is 1.83. The normalized spacial score (nSPS) is 10.7. The topological polar surface area (TPSA) is 29.9 Å². The third kappa shape index (κ3) is 3.32. The highest BCUT2D eigenvalue weighted by molar-refractivity contribution is 6.30. The molecule has 0 unspecified atom stereocenters. The fourth-order valence-electron chi connectivity index (χ4n) is 1.71. The maximum atomic E-state index is 5.97. The maximum absolute atomic E-state index is 5.97. The summed E-state index contributed by atoms with van der Waals surface area (Å²) < 4.78 is 1.99. The molecular formula is C13H16ClN3. The summed E-state index contributed by atoms with van der Waals surface area (Å²) in [4.78, 5) is 0. The van der Waals surface area contributed by atoms with Crippen LogP contribution in [0.3, 0.4) is 0 Å². The number of benzene rings is 1. The molecule has 0 aliphatic rings. The Labute approximate surface area is 106 Å². The number of rotatable bonds is 5. The van der Waals surface area contributed by atoms with Crippen molar-refractivity contribution in [2.24, 2.45) is 0 Å². The minimum Gasteiger partial charge on any atom is -0.311 e. The predicted octanol–water partition coefficient (Wildman–Crippen LogP) is 2.69. The highest BCUT2D eigenvalue weighted by atomic mass is 35.5. The molecule has 0 aliphatic carbocycles. The molecule has 3 nitrogen and oxygen atoms in total. The van der Waals surface area contributed by atoms with Crippen molar-refractivity contribution in [3.63, 3.8) is 0 Å².